The summed E-state index contributed by atoms with van der Waals surface area (Å²) < 4.78 is 5.42. The van der Waals surface area contributed by atoms with Gasteiger partial charge in [0.25, 0.3) is 0 Å². The standard InChI is InChI=1S/C15H26N4O2/c1-4-16-13-8-15(18-14(17-13)10-21-5-2)19-7-6-12(9-19)11(3)20/h8,11-12,20H,4-7,9-10H2,1-3H3,(H,16,17,18). The Morgan fingerprint density at radius 2 is 2.29 bits per heavy atom. The van der Waals surface area contributed by atoms with Gasteiger partial charge < -0.3 is 20.1 Å². The number of nitrogens with one attached hydrogen (secondary N) is 1. The smallest absolute Gasteiger partial charge is 0.158 e. The summed E-state index contributed by atoms with van der Waals surface area (Å²) in [5.41, 5.74) is 0. The Hall–Kier alpha value is -1.40. The molecular formula is C15H26N4O2. The highest BCUT2D eigenvalue weighted by molar-refractivity contribution is 5.50. The molecule has 0 radical (unpaired) electrons. The molecule has 118 valence electrons. The van der Waals surface area contributed by atoms with Crippen LogP contribution in [-0.4, -0.2) is 47.4 Å². The van der Waals surface area contributed by atoms with Crippen molar-refractivity contribution in [2.24, 2.45) is 5.92 Å². The normalized spacial score (nSPS) is 19.8. The molecule has 2 N–H and O–H groups in total. The van der Waals surface area contributed by atoms with Gasteiger partial charge in [0.15, 0.2) is 5.82 Å². The first-order valence-electron chi connectivity index (χ1n) is 7.76. The molecule has 0 bridgehead atoms. The van der Waals surface area contributed by atoms with Crippen molar-refractivity contribution in [1.29, 1.82) is 0 Å². The predicted octanol–water partition coefficient (Wildman–Crippen LogP) is 1.65. The SMILES string of the molecule is CCNc1cc(N2CCC(C(C)O)C2)nc(COCC)n1. The van der Waals surface area contributed by atoms with Crippen molar-refractivity contribution in [1.82, 2.24) is 9.97 Å². The van der Waals surface area contributed by atoms with Gasteiger partial charge >= 0.3 is 0 Å². The molecule has 21 heavy (non-hydrogen) atoms. The molecule has 1 aliphatic heterocycles. The molecule has 0 saturated carbocycles. The molecule has 1 fully saturated rings. The van der Waals surface area contributed by atoms with Crippen LogP contribution in [0.3, 0.4) is 0 Å². The van der Waals surface area contributed by atoms with Gasteiger partial charge in [-0.15, -0.1) is 0 Å². The van der Waals surface area contributed by atoms with Gasteiger partial charge in [-0.1, -0.05) is 0 Å². The van der Waals surface area contributed by atoms with E-state index in [9.17, 15) is 5.11 Å². The van der Waals surface area contributed by atoms with Crippen molar-refractivity contribution in [3.8, 4) is 0 Å². The zero-order valence-corrected chi connectivity index (χ0v) is 13.2. The number of hydrogen-bond donors (Lipinski definition) is 2. The first-order chi connectivity index (χ1) is 10.1. The maximum atomic E-state index is 9.73. The van der Waals surface area contributed by atoms with Gasteiger partial charge in [0.05, 0.1) is 6.10 Å². The Morgan fingerprint density at radius 3 is 2.90 bits per heavy atom. The van der Waals surface area contributed by atoms with E-state index in [0.29, 0.717) is 25.0 Å². The van der Waals surface area contributed by atoms with Gasteiger partial charge in [-0.25, -0.2) is 9.97 Å². The fourth-order valence-corrected chi connectivity index (χ4v) is 2.56. The Kier molecular flexibility index (Phi) is 5.76. The number of aliphatic hydroxyl groups excluding tert-OH is 1. The number of aliphatic hydroxyl groups is 1. The van der Waals surface area contributed by atoms with E-state index in [-0.39, 0.29) is 6.10 Å². The monoisotopic (exact) mass is 294 g/mol. The van der Waals surface area contributed by atoms with Gasteiger partial charge in [0.2, 0.25) is 0 Å². The van der Waals surface area contributed by atoms with Crippen molar-refractivity contribution >= 4 is 11.6 Å². The molecule has 1 aromatic heterocycles. The second kappa shape index (κ2) is 7.56. The van der Waals surface area contributed by atoms with Crippen molar-refractivity contribution in [3.63, 3.8) is 0 Å². The van der Waals surface area contributed by atoms with Crippen LogP contribution in [0.25, 0.3) is 0 Å². The molecule has 1 aliphatic rings. The van der Waals surface area contributed by atoms with Gasteiger partial charge in [-0.05, 0) is 27.2 Å². The van der Waals surface area contributed by atoms with Gasteiger partial charge in [0, 0.05) is 38.2 Å². The first kappa shape index (κ1) is 16.0. The summed E-state index contributed by atoms with van der Waals surface area (Å²) in [6, 6.07) is 1.98. The summed E-state index contributed by atoms with van der Waals surface area (Å²) in [5.74, 6) is 2.76. The molecular weight excluding hydrogens is 268 g/mol. The lowest BCUT2D eigenvalue weighted by atomic mass is 10.0. The van der Waals surface area contributed by atoms with Crippen LogP contribution in [0.4, 0.5) is 11.6 Å². The summed E-state index contributed by atoms with van der Waals surface area (Å²) in [6.07, 6.45) is 0.729. The Bertz CT molecular complexity index is 453. The van der Waals surface area contributed by atoms with Crippen LogP contribution in [0, 0.1) is 5.92 Å². The highest BCUT2D eigenvalue weighted by Crippen LogP contribution is 2.26. The maximum Gasteiger partial charge on any atom is 0.158 e. The molecule has 6 heteroatoms. The largest absolute Gasteiger partial charge is 0.393 e. The molecule has 2 heterocycles. The van der Waals surface area contributed by atoms with Crippen LogP contribution in [-0.2, 0) is 11.3 Å². The van der Waals surface area contributed by atoms with Crippen LogP contribution in [0.2, 0.25) is 0 Å². The summed E-state index contributed by atoms with van der Waals surface area (Å²) in [4.78, 5) is 11.3. The van der Waals surface area contributed by atoms with Crippen molar-refractivity contribution < 1.29 is 9.84 Å². The molecule has 1 aromatic rings. The molecule has 0 aliphatic carbocycles. The van der Waals surface area contributed by atoms with E-state index in [1.807, 2.05) is 26.8 Å². The molecule has 0 spiro atoms. The summed E-state index contributed by atoms with van der Waals surface area (Å²) in [6.45, 7) is 9.53. The number of hydrogen-bond acceptors (Lipinski definition) is 6. The van der Waals surface area contributed by atoms with Crippen molar-refractivity contribution in [3.05, 3.63) is 11.9 Å². The highest BCUT2D eigenvalue weighted by atomic mass is 16.5. The third kappa shape index (κ3) is 4.28. The predicted molar refractivity (Wildman–Crippen MR) is 83.5 cm³/mol. The van der Waals surface area contributed by atoms with Crippen molar-refractivity contribution in [2.45, 2.75) is 39.9 Å². The molecule has 2 rings (SSSR count). The molecule has 0 amide bonds. The minimum atomic E-state index is -0.270. The van der Waals surface area contributed by atoms with E-state index in [1.54, 1.807) is 0 Å². The van der Waals surface area contributed by atoms with Crippen LogP contribution in [0.15, 0.2) is 6.07 Å². The molecule has 2 atom stereocenters. The highest BCUT2D eigenvalue weighted by Gasteiger charge is 2.27. The topological polar surface area (TPSA) is 70.5 Å². The molecule has 1 saturated heterocycles. The zero-order valence-electron chi connectivity index (χ0n) is 13.2. The van der Waals surface area contributed by atoms with E-state index in [1.165, 1.54) is 0 Å². The number of nitrogens with zero attached hydrogens (tertiary/aromatic N) is 3. The third-order valence-electron chi connectivity index (χ3n) is 3.78. The van der Waals surface area contributed by atoms with Gasteiger partial charge in [-0.2, -0.15) is 0 Å². The fourth-order valence-electron chi connectivity index (χ4n) is 2.56. The third-order valence-corrected chi connectivity index (χ3v) is 3.78. The molecule has 0 aromatic carbocycles. The second-order valence-corrected chi connectivity index (χ2v) is 5.43. The van der Waals surface area contributed by atoms with Gasteiger partial charge in [-0.3, -0.25) is 0 Å². The number of aromatic nitrogens is 2. The van der Waals surface area contributed by atoms with E-state index in [0.717, 1.165) is 37.7 Å². The lowest BCUT2D eigenvalue weighted by Gasteiger charge is -2.20. The average molecular weight is 294 g/mol. The lowest BCUT2D eigenvalue weighted by molar-refractivity contribution is 0.128. The number of rotatable bonds is 7. The maximum absolute atomic E-state index is 9.73. The van der Waals surface area contributed by atoms with Crippen LogP contribution in [0.5, 0.6) is 0 Å². The quantitative estimate of drug-likeness (QED) is 0.797. The van der Waals surface area contributed by atoms with Crippen molar-refractivity contribution in [2.75, 3.05) is 36.5 Å². The zero-order chi connectivity index (χ0) is 15.2. The summed E-state index contributed by atoms with van der Waals surface area (Å²) in [5, 5.41) is 13.0. The van der Waals surface area contributed by atoms with Gasteiger partial charge in [0.1, 0.15) is 18.2 Å². The van der Waals surface area contributed by atoms with Crippen LogP contribution < -0.4 is 10.2 Å². The summed E-state index contributed by atoms with van der Waals surface area (Å²) >= 11 is 0. The van der Waals surface area contributed by atoms with E-state index in [4.69, 9.17) is 4.74 Å². The Balaban J connectivity index is 2.15. The number of anilines is 2. The van der Waals surface area contributed by atoms with E-state index in [2.05, 4.69) is 20.2 Å². The lowest BCUT2D eigenvalue weighted by Crippen LogP contribution is -2.25. The number of ether oxygens (including phenoxy) is 1. The Labute approximate surface area is 126 Å². The second-order valence-electron chi connectivity index (χ2n) is 5.43. The fraction of sp³-hybridized carbons (Fsp3) is 0.733. The Morgan fingerprint density at radius 1 is 1.48 bits per heavy atom. The average Bonchev–Trinajstić information content (AvgIpc) is 2.95. The van der Waals surface area contributed by atoms with E-state index < -0.39 is 0 Å². The first-order valence-corrected chi connectivity index (χ1v) is 7.76. The van der Waals surface area contributed by atoms with Crippen LogP contribution in [0.1, 0.15) is 33.0 Å². The van der Waals surface area contributed by atoms with E-state index >= 15 is 0 Å². The molecule has 2 unspecified atom stereocenters. The molecule has 6 nitrogen and oxygen atoms in total. The summed E-state index contributed by atoms with van der Waals surface area (Å²) in [7, 11) is 0. The minimum absolute atomic E-state index is 0.270. The van der Waals surface area contributed by atoms with Crippen LogP contribution >= 0.6 is 0 Å². The minimum Gasteiger partial charge on any atom is -0.393 e.